The van der Waals surface area contributed by atoms with Crippen LogP contribution in [0.5, 0.6) is 5.75 Å². The van der Waals surface area contributed by atoms with Crippen LogP contribution >= 0.6 is 24.8 Å². The van der Waals surface area contributed by atoms with E-state index < -0.39 is 0 Å². The van der Waals surface area contributed by atoms with Gasteiger partial charge in [-0.15, -0.1) is 24.8 Å². The van der Waals surface area contributed by atoms with Gasteiger partial charge in [-0.1, -0.05) is 0 Å². The molecule has 0 spiro atoms. The Morgan fingerprint density at radius 1 is 1.28 bits per heavy atom. The lowest BCUT2D eigenvalue weighted by Gasteiger charge is -2.14. The van der Waals surface area contributed by atoms with Gasteiger partial charge in [-0.05, 0) is 37.2 Å². The first-order valence-corrected chi connectivity index (χ1v) is 7.71. The number of H-pyrrole nitrogens is 1. The summed E-state index contributed by atoms with van der Waals surface area (Å²) in [5.41, 5.74) is 1.25. The zero-order valence-corrected chi connectivity index (χ0v) is 15.3. The zero-order chi connectivity index (χ0) is 15.8. The number of nitrogens with one attached hydrogen (secondary N) is 2. The summed E-state index contributed by atoms with van der Waals surface area (Å²) in [5.74, 6) is 1.48. The predicted octanol–water partition coefficient (Wildman–Crippen LogP) is 2.78. The average molecular weight is 383 g/mol. The number of pyridine rings is 1. The fourth-order valence-corrected chi connectivity index (χ4v) is 3.17. The molecule has 0 amide bonds. The monoisotopic (exact) mass is 382 g/mol. The molecule has 3 aromatic rings. The molecule has 1 aromatic carbocycles. The van der Waals surface area contributed by atoms with Crippen LogP contribution in [0.4, 0.5) is 0 Å². The summed E-state index contributed by atoms with van der Waals surface area (Å²) >= 11 is 0. The predicted molar refractivity (Wildman–Crippen MR) is 103 cm³/mol. The van der Waals surface area contributed by atoms with Crippen molar-refractivity contribution < 1.29 is 4.74 Å². The van der Waals surface area contributed by atoms with Crippen LogP contribution in [0.15, 0.2) is 41.5 Å². The number of benzene rings is 1. The SMILES string of the molecule is COc1ccc2[nH]c(=O)c(-c3nccn3[C@H]3CCNC3)cc2c1.Cl.Cl. The Kier molecular flexibility index (Phi) is 6.11. The van der Waals surface area contributed by atoms with Crippen LogP contribution in [0.25, 0.3) is 22.3 Å². The van der Waals surface area contributed by atoms with E-state index in [1.807, 2.05) is 30.5 Å². The van der Waals surface area contributed by atoms with Crippen LogP contribution in [-0.2, 0) is 0 Å². The molecule has 0 bridgehead atoms. The van der Waals surface area contributed by atoms with Gasteiger partial charge in [0.1, 0.15) is 11.6 Å². The molecule has 1 aliphatic rings. The van der Waals surface area contributed by atoms with Crippen molar-refractivity contribution in [2.24, 2.45) is 0 Å². The summed E-state index contributed by atoms with van der Waals surface area (Å²) in [6, 6.07) is 7.83. The maximum absolute atomic E-state index is 12.5. The Balaban J connectivity index is 0.00000113. The second kappa shape index (κ2) is 7.91. The van der Waals surface area contributed by atoms with Gasteiger partial charge in [0.25, 0.3) is 5.56 Å². The van der Waals surface area contributed by atoms with Gasteiger partial charge >= 0.3 is 0 Å². The first kappa shape index (κ1) is 19.3. The second-order valence-electron chi connectivity index (χ2n) is 5.77. The van der Waals surface area contributed by atoms with Crippen molar-refractivity contribution in [1.29, 1.82) is 0 Å². The van der Waals surface area contributed by atoms with Gasteiger partial charge in [-0.25, -0.2) is 4.98 Å². The second-order valence-corrected chi connectivity index (χ2v) is 5.77. The molecule has 1 atom stereocenters. The number of rotatable bonds is 3. The van der Waals surface area contributed by atoms with E-state index in [1.54, 1.807) is 13.3 Å². The summed E-state index contributed by atoms with van der Waals surface area (Å²) in [4.78, 5) is 19.9. The fourth-order valence-electron chi connectivity index (χ4n) is 3.17. The summed E-state index contributed by atoms with van der Waals surface area (Å²) in [5, 5.41) is 4.28. The number of methoxy groups -OCH3 is 1. The topological polar surface area (TPSA) is 71.9 Å². The van der Waals surface area contributed by atoms with Crippen molar-refractivity contribution in [2.75, 3.05) is 20.2 Å². The van der Waals surface area contributed by atoms with Crippen molar-refractivity contribution in [2.45, 2.75) is 12.5 Å². The van der Waals surface area contributed by atoms with Crippen LogP contribution in [0, 0.1) is 0 Å². The Labute approximate surface area is 157 Å². The van der Waals surface area contributed by atoms with Crippen LogP contribution in [0.1, 0.15) is 12.5 Å². The molecular weight excluding hydrogens is 363 g/mol. The minimum Gasteiger partial charge on any atom is -0.497 e. The molecule has 1 saturated heterocycles. The standard InChI is InChI=1S/C17H18N4O2.2ClH/c1-23-13-2-3-15-11(8-13)9-14(17(22)20-15)16-19-6-7-21(16)12-4-5-18-10-12;;/h2-3,6-9,12,18H,4-5,10H2,1H3,(H,20,22);2*1H/t12-;;/m0../s1. The Morgan fingerprint density at radius 3 is 2.84 bits per heavy atom. The van der Waals surface area contributed by atoms with E-state index in [9.17, 15) is 4.79 Å². The molecule has 1 fully saturated rings. The largest absolute Gasteiger partial charge is 0.497 e. The summed E-state index contributed by atoms with van der Waals surface area (Å²) in [6.45, 7) is 1.90. The number of fused-ring (bicyclic) bond motifs is 1. The van der Waals surface area contributed by atoms with E-state index >= 15 is 0 Å². The van der Waals surface area contributed by atoms with E-state index in [1.165, 1.54) is 0 Å². The van der Waals surface area contributed by atoms with Gasteiger partial charge in [0.2, 0.25) is 0 Å². The Bertz CT molecular complexity index is 916. The number of hydrogen-bond acceptors (Lipinski definition) is 4. The average Bonchev–Trinajstić information content (AvgIpc) is 3.24. The molecule has 0 aliphatic carbocycles. The highest BCUT2D eigenvalue weighted by Crippen LogP contribution is 2.25. The van der Waals surface area contributed by atoms with E-state index in [2.05, 4.69) is 19.9 Å². The molecule has 4 rings (SSSR count). The van der Waals surface area contributed by atoms with Gasteiger partial charge < -0.3 is 19.6 Å². The van der Waals surface area contributed by atoms with Crippen molar-refractivity contribution >= 4 is 35.7 Å². The van der Waals surface area contributed by atoms with Crippen LogP contribution in [0.2, 0.25) is 0 Å². The lowest BCUT2D eigenvalue weighted by molar-refractivity contribution is 0.415. The van der Waals surface area contributed by atoms with Gasteiger partial charge in [0.15, 0.2) is 0 Å². The number of imidazole rings is 1. The van der Waals surface area contributed by atoms with Crippen molar-refractivity contribution in [1.82, 2.24) is 19.9 Å². The minimum absolute atomic E-state index is 0. The summed E-state index contributed by atoms with van der Waals surface area (Å²) in [6.07, 6.45) is 4.74. The highest BCUT2D eigenvalue weighted by molar-refractivity contribution is 5.85. The molecule has 0 unspecified atom stereocenters. The van der Waals surface area contributed by atoms with Crippen LogP contribution in [-0.4, -0.2) is 34.7 Å². The van der Waals surface area contributed by atoms with E-state index in [0.29, 0.717) is 17.4 Å². The molecule has 1 aliphatic heterocycles. The number of aromatic nitrogens is 3. The number of hydrogen-bond donors (Lipinski definition) is 2. The molecule has 6 nitrogen and oxygen atoms in total. The normalized spacial score (nSPS) is 16.3. The first-order valence-electron chi connectivity index (χ1n) is 7.71. The Morgan fingerprint density at radius 2 is 2.12 bits per heavy atom. The van der Waals surface area contributed by atoms with E-state index in [4.69, 9.17) is 4.74 Å². The third-order valence-electron chi connectivity index (χ3n) is 4.39. The summed E-state index contributed by atoms with van der Waals surface area (Å²) in [7, 11) is 1.63. The first-order chi connectivity index (χ1) is 11.3. The third kappa shape index (κ3) is 3.51. The van der Waals surface area contributed by atoms with Gasteiger partial charge in [0.05, 0.1) is 12.7 Å². The quantitative estimate of drug-likeness (QED) is 0.730. The van der Waals surface area contributed by atoms with E-state index in [0.717, 1.165) is 36.2 Å². The van der Waals surface area contributed by atoms with Gasteiger partial charge in [-0.2, -0.15) is 0 Å². The molecular formula is C17H20Cl2N4O2. The lowest BCUT2D eigenvalue weighted by Crippen LogP contribution is -2.17. The van der Waals surface area contributed by atoms with Gasteiger partial charge in [-0.3, -0.25) is 4.79 Å². The van der Waals surface area contributed by atoms with Crippen molar-refractivity contribution in [3.63, 3.8) is 0 Å². The molecule has 2 N–H and O–H groups in total. The highest BCUT2D eigenvalue weighted by Gasteiger charge is 2.21. The van der Waals surface area contributed by atoms with Crippen LogP contribution < -0.4 is 15.6 Å². The number of ether oxygens (including phenoxy) is 1. The Hall–Kier alpha value is -2.02. The third-order valence-corrected chi connectivity index (χ3v) is 4.39. The minimum atomic E-state index is -0.124. The smallest absolute Gasteiger partial charge is 0.259 e. The zero-order valence-electron chi connectivity index (χ0n) is 13.7. The lowest BCUT2D eigenvalue weighted by atomic mass is 10.1. The van der Waals surface area contributed by atoms with Crippen molar-refractivity contribution in [3.05, 3.63) is 47.0 Å². The van der Waals surface area contributed by atoms with Gasteiger partial charge in [0, 0.05) is 35.9 Å². The maximum Gasteiger partial charge on any atom is 0.259 e. The molecule has 3 heterocycles. The maximum atomic E-state index is 12.5. The molecule has 25 heavy (non-hydrogen) atoms. The van der Waals surface area contributed by atoms with Crippen LogP contribution in [0.3, 0.4) is 0 Å². The highest BCUT2D eigenvalue weighted by atomic mass is 35.5. The number of nitrogens with zero attached hydrogens (tertiary/aromatic N) is 2. The molecule has 0 saturated carbocycles. The molecule has 0 radical (unpaired) electrons. The molecule has 2 aromatic heterocycles. The number of aromatic amines is 1. The van der Waals surface area contributed by atoms with Crippen molar-refractivity contribution in [3.8, 4) is 17.1 Å². The summed E-state index contributed by atoms with van der Waals surface area (Å²) < 4.78 is 7.36. The number of halogens is 2. The molecule has 8 heteroatoms. The fraction of sp³-hybridized carbons (Fsp3) is 0.294. The molecule has 134 valence electrons. The van der Waals surface area contributed by atoms with E-state index in [-0.39, 0.29) is 30.4 Å².